The summed E-state index contributed by atoms with van der Waals surface area (Å²) in [6.07, 6.45) is 2.98. The van der Waals surface area contributed by atoms with Crippen LogP contribution in [0.15, 0.2) is 47.2 Å². The number of fused-ring (bicyclic) bond motifs is 1. The summed E-state index contributed by atoms with van der Waals surface area (Å²) in [4.78, 5) is 15.5. The van der Waals surface area contributed by atoms with Crippen molar-refractivity contribution in [1.29, 1.82) is 0 Å². The molecule has 0 aliphatic carbocycles. The fourth-order valence-electron chi connectivity index (χ4n) is 2.10. The maximum atomic E-state index is 11.2. The van der Waals surface area contributed by atoms with Crippen molar-refractivity contribution in [2.45, 2.75) is 0 Å². The minimum atomic E-state index is -1.06. The summed E-state index contributed by atoms with van der Waals surface area (Å²) in [6, 6.07) is 9.00. The highest BCUT2D eigenvalue weighted by atomic mass is 16.5. The molecule has 0 amide bonds. The van der Waals surface area contributed by atoms with Crippen LogP contribution in [0.1, 0.15) is 10.4 Å². The van der Waals surface area contributed by atoms with Crippen molar-refractivity contribution in [3.8, 4) is 17.0 Å². The van der Waals surface area contributed by atoms with E-state index >= 15 is 0 Å². The number of hydrogen-bond acceptors (Lipinski definition) is 4. The van der Waals surface area contributed by atoms with E-state index < -0.39 is 5.97 Å². The van der Waals surface area contributed by atoms with Crippen molar-refractivity contribution in [2.75, 3.05) is 7.11 Å². The van der Waals surface area contributed by atoms with Crippen LogP contribution in [0, 0.1) is 0 Å². The van der Waals surface area contributed by atoms with E-state index in [1.54, 1.807) is 6.26 Å². The molecule has 0 radical (unpaired) electrons. The smallest absolute Gasteiger partial charge is 0.339 e. The average molecular weight is 269 g/mol. The third-order valence-corrected chi connectivity index (χ3v) is 3.07. The fraction of sp³-hybridized carbons (Fsp3) is 0.0667. The van der Waals surface area contributed by atoms with Gasteiger partial charge in [-0.05, 0) is 12.1 Å². The van der Waals surface area contributed by atoms with E-state index in [2.05, 4.69) is 4.98 Å². The number of hydrogen-bond donors (Lipinski definition) is 1. The Bertz CT molecular complexity index is 791. The highest BCUT2D eigenvalue weighted by Gasteiger charge is 2.15. The molecule has 0 atom stereocenters. The van der Waals surface area contributed by atoms with E-state index in [9.17, 15) is 9.90 Å². The largest absolute Gasteiger partial charge is 0.494 e. The molecule has 3 aromatic rings. The van der Waals surface area contributed by atoms with Gasteiger partial charge in [0.1, 0.15) is 17.4 Å². The molecule has 0 bridgehead atoms. The van der Waals surface area contributed by atoms with Crippen LogP contribution >= 0.6 is 0 Å². The Kier molecular flexibility index (Phi) is 2.87. The van der Waals surface area contributed by atoms with Crippen LogP contribution < -0.4 is 4.74 Å². The van der Waals surface area contributed by atoms with Crippen molar-refractivity contribution in [3.05, 3.63) is 48.4 Å². The number of para-hydroxylation sites is 1. The molecule has 1 aromatic carbocycles. The van der Waals surface area contributed by atoms with Gasteiger partial charge in [0.25, 0.3) is 0 Å². The molecule has 1 N–H and O–H groups in total. The van der Waals surface area contributed by atoms with Gasteiger partial charge in [-0.3, -0.25) is 4.98 Å². The molecule has 0 saturated carbocycles. The number of carboxylic acids is 1. The number of nitrogens with zero attached hydrogens (tertiary/aromatic N) is 1. The van der Waals surface area contributed by atoms with Gasteiger partial charge in [0.15, 0.2) is 5.75 Å². The van der Waals surface area contributed by atoms with Gasteiger partial charge >= 0.3 is 5.97 Å². The lowest BCUT2D eigenvalue weighted by atomic mass is 10.1. The maximum absolute atomic E-state index is 11.2. The second-order valence-electron chi connectivity index (χ2n) is 4.22. The molecule has 0 aliphatic rings. The number of aromatic carboxylic acids is 1. The van der Waals surface area contributed by atoms with E-state index in [1.165, 1.54) is 19.4 Å². The van der Waals surface area contributed by atoms with Crippen molar-refractivity contribution in [2.24, 2.45) is 0 Å². The molecule has 2 aromatic heterocycles. The van der Waals surface area contributed by atoms with Crippen molar-refractivity contribution in [1.82, 2.24) is 4.98 Å². The van der Waals surface area contributed by atoms with Crippen molar-refractivity contribution in [3.63, 3.8) is 0 Å². The molecule has 20 heavy (non-hydrogen) atoms. The predicted molar refractivity (Wildman–Crippen MR) is 73.0 cm³/mol. The normalized spacial score (nSPS) is 10.7. The molecule has 0 fully saturated rings. The van der Waals surface area contributed by atoms with Crippen LogP contribution in [0.4, 0.5) is 0 Å². The number of pyridine rings is 1. The van der Waals surface area contributed by atoms with Gasteiger partial charge in [-0.1, -0.05) is 18.2 Å². The zero-order valence-corrected chi connectivity index (χ0v) is 10.7. The van der Waals surface area contributed by atoms with Gasteiger partial charge in [0.2, 0.25) is 0 Å². The number of carboxylic acid groups (broad SMARTS) is 1. The quantitative estimate of drug-likeness (QED) is 0.790. The molecule has 0 aliphatic heterocycles. The zero-order chi connectivity index (χ0) is 14.1. The van der Waals surface area contributed by atoms with Gasteiger partial charge in [0.05, 0.1) is 19.0 Å². The Balaban J connectivity index is 2.20. The van der Waals surface area contributed by atoms with E-state index in [4.69, 9.17) is 9.15 Å². The Morgan fingerprint density at radius 1 is 1.35 bits per heavy atom. The van der Waals surface area contributed by atoms with Crippen LogP contribution in [-0.4, -0.2) is 23.2 Å². The van der Waals surface area contributed by atoms with Gasteiger partial charge < -0.3 is 14.3 Å². The third kappa shape index (κ3) is 1.89. The first kappa shape index (κ1) is 12.2. The SMILES string of the molecule is COc1cnc(-c2coc3ccccc23)cc1C(=O)O. The summed E-state index contributed by atoms with van der Waals surface area (Å²) in [6.45, 7) is 0. The lowest BCUT2D eigenvalue weighted by molar-refractivity contribution is 0.0693. The molecule has 5 heteroatoms. The van der Waals surface area contributed by atoms with Crippen LogP contribution in [0.3, 0.4) is 0 Å². The Morgan fingerprint density at radius 3 is 2.90 bits per heavy atom. The Hall–Kier alpha value is -2.82. The van der Waals surface area contributed by atoms with Crippen molar-refractivity contribution < 1.29 is 19.1 Å². The Morgan fingerprint density at radius 2 is 2.15 bits per heavy atom. The number of carbonyl (C=O) groups is 1. The molecular weight excluding hydrogens is 258 g/mol. The highest BCUT2D eigenvalue weighted by molar-refractivity contribution is 5.96. The van der Waals surface area contributed by atoms with Crippen LogP contribution in [0.25, 0.3) is 22.2 Å². The summed E-state index contributed by atoms with van der Waals surface area (Å²) >= 11 is 0. The molecule has 0 spiro atoms. The molecule has 5 nitrogen and oxygen atoms in total. The van der Waals surface area contributed by atoms with E-state index in [0.29, 0.717) is 5.69 Å². The zero-order valence-electron chi connectivity index (χ0n) is 10.7. The van der Waals surface area contributed by atoms with Crippen LogP contribution in [-0.2, 0) is 0 Å². The van der Waals surface area contributed by atoms with E-state index in [1.807, 2.05) is 24.3 Å². The lowest BCUT2D eigenvalue weighted by Gasteiger charge is -2.06. The minimum absolute atomic E-state index is 0.0720. The lowest BCUT2D eigenvalue weighted by Crippen LogP contribution is -2.01. The summed E-state index contributed by atoms with van der Waals surface area (Å²) in [5, 5.41) is 10.1. The predicted octanol–water partition coefficient (Wildman–Crippen LogP) is 3.20. The highest BCUT2D eigenvalue weighted by Crippen LogP contribution is 2.31. The molecule has 2 heterocycles. The average Bonchev–Trinajstić information content (AvgIpc) is 2.90. The van der Waals surface area contributed by atoms with Gasteiger partial charge in [0, 0.05) is 10.9 Å². The summed E-state index contributed by atoms with van der Waals surface area (Å²) in [5.41, 5.74) is 2.10. The molecule has 100 valence electrons. The van der Waals surface area contributed by atoms with E-state index in [-0.39, 0.29) is 11.3 Å². The van der Waals surface area contributed by atoms with Gasteiger partial charge in [-0.15, -0.1) is 0 Å². The number of aromatic nitrogens is 1. The molecule has 0 unspecified atom stereocenters. The number of benzene rings is 1. The summed E-state index contributed by atoms with van der Waals surface area (Å²) in [7, 11) is 1.41. The first-order chi connectivity index (χ1) is 9.70. The standard InChI is InChI=1S/C15H11NO4/c1-19-14-7-16-12(6-10(14)15(17)18)11-8-20-13-5-3-2-4-9(11)13/h2-8H,1H3,(H,17,18). The van der Waals surface area contributed by atoms with Gasteiger partial charge in [-0.25, -0.2) is 4.79 Å². The second kappa shape index (κ2) is 4.70. The number of furan rings is 1. The fourth-order valence-corrected chi connectivity index (χ4v) is 2.10. The first-order valence-corrected chi connectivity index (χ1v) is 5.94. The van der Waals surface area contributed by atoms with Crippen LogP contribution in [0.5, 0.6) is 5.75 Å². The Labute approximate surface area is 114 Å². The molecular formula is C15H11NO4. The van der Waals surface area contributed by atoms with Gasteiger partial charge in [-0.2, -0.15) is 0 Å². The van der Waals surface area contributed by atoms with Crippen molar-refractivity contribution >= 4 is 16.9 Å². The minimum Gasteiger partial charge on any atom is -0.494 e. The molecule has 3 rings (SSSR count). The third-order valence-electron chi connectivity index (χ3n) is 3.07. The van der Waals surface area contributed by atoms with E-state index in [0.717, 1.165) is 16.5 Å². The second-order valence-corrected chi connectivity index (χ2v) is 4.22. The van der Waals surface area contributed by atoms with Crippen LogP contribution in [0.2, 0.25) is 0 Å². The first-order valence-electron chi connectivity index (χ1n) is 5.94. The summed E-state index contributed by atoms with van der Waals surface area (Å²) < 4.78 is 10.4. The molecule has 0 saturated heterocycles. The topological polar surface area (TPSA) is 72.6 Å². The summed E-state index contributed by atoms with van der Waals surface area (Å²) in [5.74, 6) is -0.827. The number of methoxy groups -OCH3 is 1. The monoisotopic (exact) mass is 269 g/mol. The number of rotatable bonds is 3. The maximum Gasteiger partial charge on any atom is 0.339 e. The number of ether oxygens (including phenoxy) is 1.